The number of aliphatic carboxylic acids is 2. The van der Waals surface area contributed by atoms with Crippen molar-refractivity contribution in [1.29, 1.82) is 0 Å². The van der Waals surface area contributed by atoms with Gasteiger partial charge >= 0.3 is 11.9 Å². The second kappa shape index (κ2) is 9.75. The van der Waals surface area contributed by atoms with Gasteiger partial charge in [0.25, 0.3) is 0 Å². The van der Waals surface area contributed by atoms with Crippen molar-refractivity contribution in [3.63, 3.8) is 0 Å². The number of carboxylic acids is 2. The lowest BCUT2D eigenvalue weighted by molar-refractivity contribution is -0.882. The van der Waals surface area contributed by atoms with Crippen molar-refractivity contribution in [1.82, 2.24) is 0 Å². The fraction of sp³-hybridized carbons (Fsp3) is 0.760. The normalized spacial score (nSPS) is 23.2. The molecule has 0 aliphatic heterocycles. The van der Waals surface area contributed by atoms with Crippen LogP contribution >= 0.6 is 0 Å². The molecule has 2 fully saturated rings. The second-order valence-electron chi connectivity index (χ2n) is 12.3. The van der Waals surface area contributed by atoms with Crippen LogP contribution in [0.15, 0.2) is 0 Å². The third-order valence-electron chi connectivity index (χ3n) is 7.16. The number of ketones is 4. The van der Waals surface area contributed by atoms with Crippen LogP contribution in [0.1, 0.15) is 45.4 Å². The maximum atomic E-state index is 13.3. The van der Waals surface area contributed by atoms with Crippen molar-refractivity contribution in [3.05, 3.63) is 0 Å². The predicted molar refractivity (Wildman–Crippen MR) is 127 cm³/mol. The zero-order valence-electron chi connectivity index (χ0n) is 22.4. The van der Waals surface area contributed by atoms with Gasteiger partial charge in [-0.15, -0.1) is 0 Å². The number of hydrogen-bond donors (Lipinski definition) is 2. The minimum atomic E-state index is -2.61. The van der Waals surface area contributed by atoms with Gasteiger partial charge in [-0.1, -0.05) is 0 Å². The molecule has 0 aromatic rings. The molecule has 36 heavy (non-hydrogen) atoms. The zero-order valence-corrected chi connectivity index (χ0v) is 22.4. The molecule has 2 unspecified atom stereocenters. The van der Waals surface area contributed by atoms with E-state index in [1.165, 1.54) is 6.92 Å². The van der Waals surface area contributed by atoms with Crippen molar-refractivity contribution in [3.8, 4) is 0 Å². The number of rotatable bonds is 10. The van der Waals surface area contributed by atoms with Gasteiger partial charge in [-0.25, -0.2) is 0 Å². The molecule has 0 spiro atoms. The van der Waals surface area contributed by atoms with Crippen LogP contribution in [0.2, 0.25) is 0 Å². The highest BCUT2D eigenvalue weighted by Crippen LogP contribution is 2.47. The molecular formula is C25H40N2O9+2. The first-order valence-corrected chi connectivity index (χ1v) is 12.1. The number of hydrogen-bond acceptors (Lipinski definition) is 7. The van der Waals surface area contributed by atoms with Crippen LogP contribution < -0.4 is 0 Å². The number of ether oxygens (including phenoxy) is 1. The first-order valence-electron chi connectivity index (χ1n) is 12.1. The Balaban J connectivity index is 2.89. The Labute approximate surface area is 211 Å². The highest BCUT2D eigenvalue weighted by molar-refractivity contribution is 6.25. The fourth-order valence-electron chi connectivity index (χ4n) is 5.91. The largest absolute Gasteiger partial charge is 0.480 e. The van der Waals surface area contributed by atoms with Crippen LogP contribution in [0.5, 0.6) is 0 Å². The van der Waals surface area contributed by atoms with E-state index in [4.69, 9.17) is 4.74 Å². The molecule has 0 bridgehead atoms. The summed E-state index contributed by atoms with van der Waals surface area (Å²) in [5.41, 5.74) is -7.25. The number of carbonyl (C=O) groups excluding carboxylic acids is 4. The summed E-state index contributed by atoms with van der Waals surface area (Å²) in [7, 11) is 10.3. The predicted octanol–water partition coefficient (Wildman–Crippen LogP) is 0.329. The Morgan fingerprint density at radius 2 is 1.22 bits per heavy atom. The molecule has 0 aromatic carbocycles. The first-order chi connectivity index (χ1) is 16.3. The van der Waals surface area contributed by atoms with Gasteiger partial charge in [0.05, 0.1) is 42.3 Å². The topological polar surface area (TPSA) is 152 Å². The summed E-state index contributed by atoms with van der Waals surface area (Å²) in [5, 5.41) is 20.7. The minimum absolute atomic E-state index is 0.0607. The van der Waals surface area contributed by atoms with E-state index >= 15 is 0 Å². The summed E-state index contributed by atoms with van der Waals surface area (Å²) < 4.78 is 6.54. The molecule has 2 rings (SSSR count). The molecule has 0 aromatic heterocycles. The summed E-state index contributed by atoms with van der Waals surface area (Å²) in [6.45, 7) is 0.985. The van der Waals surface area contributed by atoms with Gasteiger partial charge in [0.2, 0.25) is 10.8 Å². The number of carbonyl (C=O) groups is 6. The van der Waals surface area contributed by atoms with E-state index in [-0.39, 0.29) is 60.6 Å². The zero-order chi connectivity index (χ0) is 27.9. The molecule has 2 saturated carbocycles. The van der Waals surface area contributed by atoms with Gasteiger partial charge in [-0.3, -0.25) is 28.8 Å². The molecule has 0 heterocycles. The third kappa shape index (κ3) is 5.01. The van der Waals surface area contributed by atoms with Crippen LogP contribution in [-0.2, 0) is 33.5 Å². The molecule has 2 aliphatic carbocycles. The maximum Gasteiger partial charge on any atom is 0.328 e. The van der Waals surface area contributed by atoms with Gasteiger partial charge < -0.3 is 23.9 Å². The first kappa shape index (κ1) is 29.7. The fourth-order valence-corrected chi connectivity index (χ4v) is 5.91. The summed E-state index contributed by atoms with van der Waals surface area (Å²) in [6.07, 6.45) is -1.83. The Morgan fingerprint density at radius 1 is 0.806 bits per heavy atom. The highest BCUT2D eigenvalue weighted by atomic mass is 16.5. The molecule has 2 N–H and O–H groups in total. The lowest BCUT2D eigenvalue weighted by Crippen LogP contribution is -2.72. The number of Topliss-reactive ketones (excluding diaryl/α,β-unsaturated/α-hetero) is 4. The van der Waals surface area contributed by atoms with E-state index in [0.29, 0.717) is 0 Å². The van der Waals surface area contributed by atoms with Gasteiger partial charge in [0.1, 0.15) is 24.8 Å². The molecular weight excluding hydrogens is 472 g/mol. The second-order valence-corrected chi connectivity index (χ2v) is 12.3. The van der Waals surface area contributed by atoms with Crippen molar-refractivity contribution >= 4 is 35.1 Å². The monoisotopic (exact) mass is 512 g/mol. The average molecular weight is 513 g/mol. The van der Waals surface area contributed by atoms with Gasteiger partial charge in [-0.2, -0.15) is 0 Å². The summed E-state index contributed by atoms with van der Waals surface area (Å²) >= 11 is 0. The number of nitrogens with zero attached hydrogens (tertiary/aromatic N) is 2. The molecule has 0 saturated heterocycles. The van der Waals surface area contributed by atoms with E-state index in [9.17, 15) is 39.0 Å². The van der Waals surface area contributed by atoms with Gasteiger partial charge in [-0.05, 0) is 19.8 Å². The maximum absolute atomic E-state index is 13.3. The van der Waals surface area contributed by atoms with Crippen LogP contribution in [0.25, 0.3) is 0 Å². The van der Waals surface area contributed by atoms with Crippen LogP contribution in [0.3, 0.4) is 0 Å². The molecule has 11 nitrogen and oxygen atoms in total. The van der Waals surface area contributed by atoms with Crippen molar-refractivity contribution in [2.75, 3.05) is 55.4 Å². The van der Waals surface area contributed by atoms with E-state index in [0.717, 1.165) is 0 Å². The summed E-state index contributed by atoms with van der Waals surface area (Å²) in [4.78, 5) is 78.7. The van der Waals surface area contributed by atoms with E-state index in [1.807, 2.05) is 0 Å². The van der Waals surface area contributed by atoms with Gasteiger partial charge in [0.15, 0.2) is 23.1 Å². The Morgan fingerprint density at radius 3 is 1.56 bits per heavy atom. The van der Waals surface area contributed by atoms with Crippen molar-refractivity contribution in [2.45, 2.75) is 57.2 Å². The third-order valence-corrected chi connectivity index (χ3v) is 7.16. The number of likely N-dealkylation sites (N-methyl/N-ethyl adjacent to an activating group) is 2. The van der Waals surface area contributed by atoms with E-state index in [1.54, 1.807) is 42.3 Å². The van der Waals surface area contributed by atoms with Crippen LogP contribution in [-0.4, -0.2) is 121 Å². The Hall–Kier alpha value is -2.50. The molecule has 2 atom stereocenters. The molecule has 2 aliphatic rings. The average Bonchev–Trinajstić information content (AvgIpc) is 2.64. The summed E-state index contributed by atoms with van der Waals surface area (Å²) in [5.74, 6) is -6.63. The quantitative estimate of drug-likeness (QED) is 0.311. The highest BCUT2D eigenvalue weighted by Gasteiger charge is 2.71. The number of carboxylic acid groups (broad SMARTS) is 2. The minimum Gasteiger partial charge on any atom is -0.480 e. The number of quaternary nitrogens is 2. The molecule has 11 heteroatoms. The standard InChI is InChI=1S/C25H38N2O9/c1-23(15-27(5,6)7,25(22(34)35)18(30)12-9-13-19(25)31)36-20(14-26(2,3)4)24(21(32)33)16(28)10-8-11-17(24)29/h20H,8-15H2,1-7H3/p+2. The van der Waals surface area contributed by atoms with E-state index in [2.05, 4.69) is 0 Å². The van der Waals surface area contributed by atoms with Crippen LogP contribution in [0, 0.1) is 10.8 Å². The summed E-state index contributed by atoms with van der Waals surface area (Å²) in [6, 6.07) is 0. The molecule has 202 valence electrons. The SMILES string of the molecule is CC(C[N+](C)(C)C)(OC(C[N+](C)(C)C)C1(C(=O)O)C(=O)CCCC1=O)C1(C(=O)O)C(=O)CCCC1=O. The van der Waals surface area contributed by atoms with Crippen molar-refractivity contribution in [2.24, 2.45) is 10.8 Å². The smallest absolute Gasteiger partial charge is 0.328 e. The lowest BCUT2D eigenvalue weighted by Gasteiger charge is -2.50. The van der Waals surface area contributed by atoms with Crippen LogP contribution in [0.4, 0.5) is 0 Å². The Kier molecular flexibility index (Phi) is 8.05. The molecule has 0 radical (unpaired) electrons. The van der Waals surface area contributed by atoms with Gasteiger partial charge in [0, 0.05) is 25.7 Å². The van der Waals surface area contributed by atoms with E-state index < -0.39 is 57.6 Å². The lowest BCUT2D eigenvalue weighted by atomic mass is 9.61. The Bertz CT molecular complexity index is 941. The molecule has 0 amide bonds. The van der Waals surface area contributed by atoms with Crippen molar-refractivity contribution < 1.29 is 52.7 Å².